The van der Waals surface area contributed by atoms with Gasteiger partial charge in [-0.2, -0.15) is 0 Å². The number of carbonyl (C=O) groups excluding carboxylic acids is 1. The molecule has 0 unspecified atom stereocenters. The van der Waals surface area contributed by atoms with Crippen LogP contribution in [0.4, 0.5) is 0 Å². The van der Waals surface area contributed by atoms with E-state index in [0.717, 1.165) is 70.8 Å². The molecule has 4 atom stereocenters. The lowest BCUT2D eigenvalue weighted by atomic mass is 9.96. The topological polar surface area (TPSA) is 153 Å². The van der Waals surface area contributed by atoms with Gasteiger partial charge in [-0.15, -0.1) is 11.8 Å². The SMILES string of the molecule is CN(CCCCSc1ccc(Cl)c(COC2(c3cnccc3-c3ccccc3OC3CC3)CC2)c1)C(=O)[C@@H](O)[C@@H](O)[C@H](O)[C@@H](O)CO. The minimum atomic E-state index is -1.92. The van der Waals surface area contributed by atoms with Crippen LogP contribution >= 0.6 is 23.4 Å². The number of thioether (sulfide) groups is 1. The number of likely N-dealkylation sites (N-methyl/N-ethyl adjacent to an activating group) is 1. The molecule has 1 heterocycles. The van der Waals surface area contributed by atoms with Gasteiger partial charge in [-0.05, 0) is 85.7 Å². The summed E-state index contributed by atoms with van der Waals surface area (Å²) >= 11 is 8.26. The van der Waals surface area contributed by atoms with Gasteiger partial charge in [-0.3, -0.25) is 9.78 Å². The van der Waals surface area contributed by atoms with Crippen molar-refractivity contribution in [1.82, 2.24) is 9.88 Å². The third-order valence-corrected chi connectivity index (χ3v) is 10.0. The summed E-state index contributed by atoms with van der Waals surface area (Å²) in [6.45, 7) is -0.127. The van der Waals surface area contributed by atoms with Crippen LogP contribution < -0.4 is 4.74 Å². The van der Waals surface area contributed by atoms with Gasteiger partial charge < -0.3 is 39.9 Å². The predicted octanol–water partition coefficient (Wildman–Crippen LogP) is 3.92. The molecule has 254 valence electrons. The van der Waals surface area contributed by atoms with Crippen molar-refractivity contribution in [3.8, 4) is 16.9 Å². The van der Waals surface area contributed by atoms with Gasteiger partial charge in [0.05, 0.1) is 24.9 Å². The molecule has 2 aliphatic rings. The summed E-state index contributed by atoms with van der Waals surface area (Å²) in [5.41, 5.74) is 3.63. The summed E-state index contributed by atoms with van der Waals surface area (Å²) in [5.74, 6) is 0.886. The van der Waals surface area contributed by atoms with Gasteiger partial charge in [0.25, 0.3) is 5.91 Å². The van der Waals surface area contributed by atoms with Crippen LogP contribution in [0.3, 0.4) is 0 Å². The Hall–Kier alpha value is -2.74. The minimum absolute atomic E-state index is 0.292. The number of pyridine rings is 1. The first-order valence-electron chi connectivity index (χ1n) is 16.0. The number of nitrogens with zero attached hydrogens (tertiary/aromatic N) is 2. The lowest BCUT2D eigenvalue weighted by Gasteiger charge is -2.28. The minimum Gasteiger partial charge on any atom is -0.490 e. The van der Waals surface area contributed by atoms with Crippen molar-refractivity contribution >= 4 is 29.3 Å². The summed E-state index contributed by atoms with van der Waals surface area (Å²) in [6, 6.07) is 16.1. The zero-order chi connectivity index (χ0) is 33.6. The molecule has 0 aliphatic heterocycles. The molecule has 0 spiro atoms. The van der Waals surface area contributed by atoms with Crippen molar-refractivity contribution in [2.45, 2.75) is 86.1 Å². The van der Waals surface area contributed by atoms with E-state index < -0.39 is 42.5 Å². The number of ether oxygens (including phenoxy) is 2. The molecule has 2 aromatic carbocycles. The molecule has 1 aromatic heterocycles. The van der Waals surface area contributed by atoms with E-state index >= 15 is 0 Å². The molecule has 1 amide bonds. The van der Waals surface area contributed by atoms with Crippen molar-refractivity contribution in [3.05, 3.63) is 77.1 Å². The van der Waals surface area contributed by atoms with Crippen molar-refractivity contribution in [3.63, 3.8) is 0 Å². The Balaban J connectivity index is 1.13. The van der Waals surface area contributed by atoms with Crippen LogP contribution in [-0.2, 0) is 21.7 Å². The number of rotatable bonds is 18. The summed E-state index contributed by atoms with van der Waals surface area (Å²) in [4.78, 5) is 19.2. The number of amides is 1. The Morgan fingerprint density at radius 3 is 2.55 bits per heavy atom. The smallest absolute Gasteiger partial charge is 0.253 e. The highest BCUT2D eigenvalue weighted by atomic mass is 35.5. The lowest BCUT2D eigenvalue weighted by molar-refractivity contribution is -0.157. The molecule has 3 aromatic rings. The molecule has 0 saturated heterocycles. The van der Waals surface area contributed by atoms with Gasteiger partial charge in [0.2, 0.25) is 0 Å². The molecule has 2 aliphatic carbocycles. The van der Waals surface area contributed by atoms with Crippen LogP contribution in [0.25, 0.3) is 11.1 Å². The Morgan fingerprint density at radius 2 is 1.83 bits per heavy atom. The van der Waals surface area contributed by atoms with Crippen molar-refractivity contribution < 1.29 is 39.8 Å². The van der Waals surface area contributed by atoms with Gasteiger partial charge in [0.15, 0.2) is 6.10 Å². The number of aliphatic hydroxyl groups is 5. The number of para-hydroxylation sites is 1. The number of carbonyl (C=O) groups is 1. The van der Waals surface area contributed by atoms with E-state index in [9.17, 15) is 25.2 Å². The Morgan fingerprint density at radius 1 is 1.06 bits per heavy atom. The normalized spacial score (nSPS) is 17.9. The third kappa shape index (κ3) is 9.04. The van der Waals surface area contributed by atoms with Crippen LogP contribution in [0.1, 0.15) is 49.7 Å². The molecule has 2 saturated carbocycles. The maximum Gasteiger partial charge on any atom is 0.253 e. The molecular formula is C35H43ClN2O8S. The summed E-state index contributed by atoms with van der Waals surface area (Å²) in [5, 5.41) is 48.9. The lowest BCUT2D eigenvalue weighted by Crippen LogP contribution is -2.52. The number of unbranched alkanes of at least 4 members (excludes halogenated alkanes) is 1. The maximum atomic E-state index is 12.4. The number of benzene rings is 2. The number of halogens is 1. The highest BCUT2D eigenvalue weighted by molar-refractivity contribution is 7.99. The van der Waals surface area contributed by atoms with Gasteiger partial charge in [0.1, 0.15) is 24.1 Å². The van der Waals surface area contributed by atoms with Crippen molar-refractivity contribution in [1.29, 1.82) is 0 Å². The van der Waals surface area contributed by atoms with Gasteiger partial charge >= 0.3 is 0 Å². The zero-order valence-corrected chi connectivity index (χ0v) is 27.9. The Kier molecular flexibility index (Phi) is 12.2. The van der Waals surface area contributed by atoms with E-state index in [0.29, 0.717) is 30.7 Å². The van der Waals surface area contributed by atoms with Crippen molar-refractivity contribution in [2.75, 3.05) is 26.0 Å². The van der Waals surface area contributed by atoms with Crippen molar-refractivity contribution in [2.24, 2.45) is 0 Å². The first kappa shape index (κ1) is 35.6. The molecule has 47 heavy (non-hydrogen) atoms. The first-order valence-corrected chi connectivity index (χ1v) is 17.3. The molecule has 5 rings (SSSR count). The summed E-state index contributed by atoms with van der Waals surface area (Å²) in [6.07, 6.45) is 2.03. The highest BCUT2D eigenvalue weighted by Gasteiger charge is 2.48. The first-order chi connectivity index (χ1) is 22.6. The third-order valence-electron chi connectivity index (χ3n) is 8.57. The quantitative estimate of drug-likeness (QED) is 0.0984. The second-order valence-corrected chi connectivity index (χ2v) is 13.8. The molecule has 0 bridgehead atoms. The molecule has 2 fully saturated rings. The van der Waals surface area contributed by atoms with E-state index in [1.807, 2.05) is 54.9 Å². The molecule has 5 N–H and O–H groups in total. The van der Waals surface area contributed by atoms with Crippen LogP contribution in [0.2, 0.25) is 5.02 Å². The van der Waals surface area contributed by atoms with Gasteiger partial charge in [-0.1, -0.05) is 29.8 Å². The second kappa shape index (κ2) is 16.1. The summed E-state index contributed by atoms with van der Waals surface area (Å²) < 4.78 is 12.8. The van der Waals surface area contributed by atoms with E-state index in [2.05, 4.69) is 11.1 Å². The average molecular weight is 687 g/mol. The number of hydrogen-bond acceptors (Lipinski definition) is 10. The van der Waals surface area contributed by atoms with E-state index in [4.69, 9.17) is 26.2 Å². The van der Waals surface area contributed by atoms with Gasteiger partial charge in [0, 0.05) is 47.0 Å². The summed E-state index contributed by atoms with van der Waals surface area (Å²) in [7, 11) is 1.49. The van der Waals surface area contributed by atoms with Crippen LogP contribution in [-0.4, -0.2) is 97.8 Å². The molecule has 10 nitrogen and oxygen atoms in total. The van der Waals surface area contributed by atoms with Crippen LogP contribution in [0, 0.1) is 0 Å². The second-order valence-electron chi connectivity index (χ2n) is 12.3. The number of hydrogen-bond donors (Lipinski definition) is 5. The fourth-order valence-corrected chi connectivity index (χ4v) is 6.51. The number of aliphatic hydroxyl groups excluding tert-OH is 5. The fraction of sp³-hybridized carbons (Fsp3) is 0.486. The largest absolute Gasteiger partial charge is 0.490 e. The monoisotopic (exact) mass is 686 g/mol. The Bertz CT molecular complexity index is 1500. The van der Waals surface area contributed by atoms with Gasteiger partial charge in [-0.25, -0.2) is 0 Å². The standard InChI is InChI=1S/C35H43ClN2O8S/c1-38(34(44)33(43)32(42)31(41)29(40)20-39)16-4-5-17-47-24-10-11-28(36)22(18-24)21-45-35(13-14-35)27-19-37-15-12-25(27)26-6-2-3-7-30(26)46-23-8-9-23/h2-3,6-7,10-12,15,18-19,23,29,31-33,39-43H,4-5,8-9,13-14,16-17,20-21H2,1H3/t29-,31+,32-,33-/m0/s1. The average Bonchev–Trinajstić information content (AvgIpc) is 4.04. The molecular weight excluding hydrogens is 644 g/mol. The predicted molar refractivity (Wildman–Crippen MR) is 179 cm³/mol. The Labute approximate surface area is 284 Å². The van der Waals surface area contributed by atoms with E-state index in [-0.39, 0.29) is 0 Å². The van der Waals surface area contributed by atoms with E-state index in [1.165, 1.54) is 11.9 Å². The fourth-order valence-electron chi connectivity index (χ4n) is 5.37. The maximum absolute atomic E-state index is 12.4. The zero-order valence-electron chi connectivity index (χ0n) is 26.4. The molecule has 12 heteroatoms. The number of aromatic nitrogens is 1. The van der Waals surface area contributed by atoms with E-state index in [1.54, 1.807) is 11.8 Å². The highest BCUT2D eigenvalue weighted by Crippen LogP contribution is 2.53. The van der Waals surface area contributed by atoms with Crippen LogP contribution in [0.15, 0.2) is 65.8 Å². The molecule has 0 radical (unpaired) electrons. The van der Waals surface area contributed by atoms with Crippen LogP contribution in [0.5, 0.6) is 5.75 Å².